The molecule has 0 fully saturated rings. The fourth-order valence-electron chi connectivity index (χ4n) is 1.77. The smallest absolute Gasteiger partial charge is 0.223 e. The molecule has 0 radical (unpaired) electrons. The summed E-state index contributed by atoms with van der Waals surface area (Å²) in [6.07, 6.45) is 2.88. The molecule has 0 aliphatic carbocycles. The van der Waals surface area contributed by atoms with Gasteiger partial charge in [0, 0.05) is 18.3 Å². The molecular formula is C16H20N2O. The first-order valence-electron chi connectivity index (χ1n) is 6.68. The molecule has 100 valence electrons. The van der Waals surface area contributed by atoms with E-state index in [4.69, 9.17) is 4.74 Å². The Morgan fingerprint density at radius 2 is 1.95 bits per heavy atom. The van der Waals surface area contributed by atoms with E-state index in [1.165, 1.54) is 5.56 Å². The van der Waals surface area contributed by atoms with Crippen molar-refractivity contribution in [1.82, 2.24) is 10.3 Å². The minimum Gasteiger partial charge on any atom is -0.439 e. The lowest BCUT2D eigenvalue weighted by molar-refractivity contribution is 0.452. The van der Waals surface area contributed by atoms with Crippen LogP contribution in [0.3, 0.4) is 0 Å². The molecule has 3 nitrogen and oxygen atoms in total. The Labute approximate surface area is 114 Å². The molecule has 1 N–H and O–H groups in total. The predicted octanol–water partition coefficient (Wildman–Crippen LogP) is 3.68. The average Bonchev–Trinajstić information content (AvgIpc) is 2.43. The van der Waals surface area contributed by atoms with E-state index in [-0.39, 0.29) is 0 Å². The molecule has 1 heterocycles. The monoisotopic (exact) mass is 256 g/mol. The highest BCUT2D eigenvalue weighted by molar-refractivity contribution is 5.33. The van der Waals surface area contributed by atoms with Gasteiger partial charge in [-0.05, 0) is 38.1 Å². The first kappa shape index (κ1) is 13.6. The zero-order valence-electron chi connectivity index (χ0n) is 11.5. The van der Waals surface area contributed by atoms with Crippen LogP contribution in [0, 0.1) is 6.92 Å². The summed E-state index contributed by atoms with van der Waals surface area (Å²) in [6, 6.07) is 12.0. The van der Waals surface area contributed by atoms with Crippen LogP contribution in [-0.2, 0) is 6.54 Å². The van der Waals surface area contributed by atoms with E-state index >= 15 is 0 Å². The lowest BCUT2D eigenvalue weighted by Gasteiger charge is -2.10. The molecule has 0 amide bonds. The third-order valence-corrected chi connectivity index (χ3v) is 2.83. The topological polar surface area (TPSA) is 34.2 Å². The summed E-state index contributed by atoms with van der Waals surface area (Å²) < 4.78 is 5.84. The second kappa shape index (κ2) is 6.90. The van der Waals surface area contributed by atoms with Gasteiger partial charge in [0.05, 0.1) is 0 Å². The molecule has 0 atom stereocenters. The van der Waals surface area contributed by atoms with Crippen molar-refractivity contribution in [2.75, 3.05) is 6.54 Å². The summed E-state index contributed by atoms with van der Waals surface area (Å²) in [5, 5.41) is 3.37. The fourth-order valence-corrected chi connectivity index (χ4v) is 1.77. The summed E-state index contributed by atoms with van der Waals surface area (Å²) in [4.78, 5) is 4.31. The molecule has 3 heteroatoms. The SMILES string of the molecule is CCCNCc1cccnc1Oc1ccc(C)cc1. The normalized spacial score (nSPS) is 10.4. The number of aromatic nitrogens is 1. The summed E-state index contributed by atoms with van der Waals surface area (Å²) in [7, 11) is 0. The van der Waals surface area contributed by atoms with Crippen molar-refractivity contribution in [3.05, 3.63) is 53.7 Å². The molecule has 1 aromatic carbocycles. The molecule has 2 aromatic rings. The number of nitrogens with zero attached hydrogens (tertiary/aromatic N) is 1. The molecular weight excluding hydrogens is 236 g/mol. The number of aryl methyl sites for hydroxylation is 1. The van der Waals surface area contributed by atoms with Crippen LogP contribution in [0.1, 0.15) is 24.5 Å². The largest absolute Gasteiger partial charge is 0.439 e. The van der Waals surface area contributed by atoms with Crippen LogP contribution in [0.25, 0.3) is 0 Å². The number of benzene rings is 1. The third-order valence-electron chi connectivity index (χ3n) is 2.83. The molecule has 0 saturated heterocycles. The van der Waals surface area contributed by atoms with Crippen LogP contribution < -0.4 is 10.1 Å². The molecule has 0 aliphatic heterocycles. The summed E-state index contributed by atoms with van der Waals surface area (Å²) >= 11 is 0. The van der Waals surface area contributed by atoms with E-state index < -0.39 is 0 Å². The van der Waals surface area contributed by atoms with Crippen molar-refractivity contribution >= 4 is 0 Å². The van der Waals surface area contributed by atoms with E-state index in [1.54, 1.807) is 6.20 Å². The van der Waals surface area contributed by atoms with Crippen LogP contribution >= 0.6 is 0 Å². The highest BCUT2D eigenvalue weighted by Gasteiger charge is 2.05. The van der Waals surface area contributed by atoms with Gasteiger partial charge < -0.3 is 10.1 Å². The standard InChI is InChI=1S/C16H20N2O/c1-3-10-17-12-14-5-4-11-18-16(14)19-15-8-6-13(2)7-9-15/h4-9,11,17H,3,10,12H2,1-2H3. The lowest BCUT2D eigenvalue weighted by Crippen LogP contribution is -2.14. The molecule has 0 bridgehead atoms. The second-order valence-corrected chi connectivity index (χ2v) is 4.56. The maximum atomic E-state index is 5.84. The molecule has 0 unspecified atom stereocenters. The van der Waals surface area contributed by atoms with Gasteiger partial charge in [0.2, 0.25) is 5.88 Å². The summed E-state index contributed by atoms with van der Waals surface area (Å²) in [5.41, 5.74) is 2.30. The summed E-state index contributed by atoms with van der Waals surface area (Å²) in [5.74, 6) is 1.50. The minimum absolute atomic E-state index is 0.676. The van der Waals surface area contributed by atoms with Gasteiger partial charge in [0.15, 0.2) is 0 Å². The maximum Gasteiger partial charge on any atom is 0.223 e. The van der Waals surface area contributed by atoms with Crippen molar-refractivity contribution in [1.29, 1.82) is 0 Å². The van der Waals surface area contributed by atoms with Crippen LogP contribution in [0.15, 0.2) is 42.6 Å². The Kier molecular flexibility index (Phi) is 4.93. The third kappa shape index (κ3) is 4.07. The fraction of sp³-hybridized carbons (Fsp3) is 0.312. The van der Waals surface area contributed by atoms with Crippen LogP contribution in [0.2, 0.25) is 0 Å². The average molecular weight is 256 g/mol. The highest BCUT2D eigenvalue weighted by atomic mass is 16.5. The first-order chi connectivity index (χ1) is 9.29. The molecule has 0 saturated carbocycles. The Morgan fingerprint density at radius 1 is 1.16 bits per heavy atom. The van der Waals surface area contributed by atoms with Crippen LogP contribution in [0.5, 0.6) is 11.6 Å². The van der Waals surface area contributed by atoms with Crippen molar-refractivity contribution in [3.63, 3.8) is 0 Å². The van der Waals surface area contributed by atoms with Gasteiger partial charge in [-0.15, -0.1) is 0 Å². The summed E-state index contributed by atoms with van der Waals surface area (Å²) in [6.45, 7) is 5.99. The lowest BCUT2D eigenvalue weighted by atomic mass is 10.2. The van der Waals surface area contributed by atoms with Gasteiger partial charge in [-0.25, -0.2) is 4.98 Å². The Bertz CT molecular complexity index is 508. The van der Waals surface area contributed by atoms with Gasteiger partial charge in [-0.2, -0.15) is 0 Å². The van der Waals surface area contributed by atoms with E-state index in [0.717, 1.165) is 30.8 Å². The Morgan fingerprint density at radius 3 is 2.68 bits per heavy atom. The molecule has 19 heavy (non-hydrogen) atoms. The number of hydrogen-bond acceptors (Lipinski definition) is 3. The predicted molar refractivity (Wildman–Crippen MR) is 77.5 cm³/mol. The quantitative estimate of drug-likeness (QED) is 0.800. The van der Waals surface area contributed by atoms with Crippen molar-refractivity contribution < 1.29 is 4.74 Å². The number of ether oxygens (including phenoxy) is 1. The van der Waals surface area contributed by atoms with Crippen molar-refractivity contribution in [3.8, 4) is 11.6 Å². The van der Waals surface area contributed by atoms with Gasteiger partial charge >= 0.3 is 0 Å². The number of nitrogens with one attached hydrogen (secondary N) is 1. The second-order valence-electron chi connectivity index (χ2n) is 4.56. The number of rotatable bonds is 6. The Hall–Kier alpha value is -1.87. The molecule has 1 aromatic heterocycles. The maximum absolute atomic E-state index is 5.84. The highest BCUT2D eigenvalue weighted by Crippen LogP contribution is 2.22. The van der Waals surface area contributed by atoms with Gasteiger partial charge in [0.1, 0.15) is 5.75 Å². The number of hydrogen-bond donors (Lipinski definition) is 1. The van der Waals surface area contributed by atoms with Gasteiger partial charge in [0.25, 0.3) is 0 Å². The van der Waals surface area contributed by atoms with Crippen LogP contribution in [-0.4, -0.2) is 11.5 Å². The zero-order chi connectivity index (χ0) is 13.5. The Balaban J connectivity index is 2.08. The van der Waals surface area contributed by atoms with Crippen molar-refractivity contribution in [2.45, 2.75) is 26.8 Å². The minimum atomic E-state index is 0.676. The molecule has 2 rings (SSSR count). The van der Waals surface area contributed by atoms with Crippen molar-refractivity contribution in [2.24, 2.45) is 0 Å². The van der Waals surface area contributed by atoms with Gasteiger partial charge in [-0.3, -0.25) is 0 Å². The molecule has 0 spiro atoms. The van der Waals surface area contributed by atoms with Crippen LogP contribution in [0.4, 0.5) is 0 Å². The number of pyridine rings is 1. The van der Waals surface area contributed by atoms with E-state index in [2.05, 4.69) is 24.1 Å². The van der Waals surface area contributed by atoms with E-state index in [9.17, 15) is 0 Å². The zero-order valence-corrected chi connectivity index (χ0v) is 11.5. The molecule has 0 aliphatic rings. The van der Waals surface area contributed by atoms with E-state index in [1.807, 2.05) is 36.4 Å². The van der Waals surface area contributed by atoms with E-state index in [0.29, 0.717) is 5.88 Å². The van der Waals surface area contributed by atoms with Gasteiger partial charge in [-0.1, -0.05) is 30.7 Å². The first-order valence-corrected chi connectivity index (χ1v) is 6.68.